The Labute approximate surface area is 231 Å². The minimum Gasteiger partial charge on any atom is -0.459 e. The van der Waals surface area contributed by atoms with Crippen molar-refractivity contribution in [3.05, 3.63) is 0 Å². The standard InChI is InChI=1S/C26H60N2O6Si3/c1-23(25(29)31-19-17-27(3,4)5)15-21-35(9,10)33-37(13,14)34-36(11,12)22-16-24(2)26(30)32-20-18-28(6,7)8/h23-24H,15-22H2,1-14H3/q+2. The molecule has 0 bridgehead atoms. The summed E-state index contributed by atoms with van der Waals surface area (Å²) in [6.07, 6.45) is 1.53. The van der Waals surface area contributed by atoms with Crippen LogP contribution in [0.15, 0.2) is 0 Å². The molecule has 0 rings (SSSR count). The summed E-state index contributed by atoms with van der Waals surface area (Å²) in [6.45, 7) is 19.5. The van der Waals surface area contributed by atoms with Crippen molar-refractivity contribution in [2.45, 2.75) is 78.1 Å². The highest BCUT2D eigenvalue weighted by molar-refractivity contribution is 6.87. The maximum atomic E-state index is 12.4. The summed E-state index contributed by atoms with van der Waals surface area (Å²) in [5.74, 6) is -0.514. The highest BCUT2D eigenvalue weighted by Crippen LogP contribution is 2.28. The minimum atomic E-state index is -2.37. The van der Waals surface area contributed by atoms with E-state index < -0.39 is 25.2 Å². The number of likely N-dealkylation sites (N-methyl/N-ethyl adjacent to an activating group) is 2. The van der Waals surface area contributed by atoms with E-state index in [9.17, 15) is 9.59 Å². The number of quaternary nitrogens is 2. The quantitative estimate of drug-likeness (QED) is 0.133. The largest absolute Gasteiger partial charge is 0.459 e. The molecule has 0 aromatic heterocycles. The Morgan fingerprint density at radius 1 is 0.622 bits per heavy atom. The molecular weight excluding hydrogens is 521 g/mol. The number of ether oxygens (including phenoxy) is 2. The fraction of sp³-hybridized carbons (Fsp3) is 0.923. The summed E-state index contributed by atoms with van der Waals surface area (Å²) in [6, 6.07) is 1.77. The van der Waals surface area contributed by atoms with Crippen molar-refractivity contribution in [1.29, 1.82) is 0 Å². The number of carbonyl (C=O) groups excluding carboxylic acids is 2. The van der Waals surface area contributed by atoms with Gasteiger partial charge in [-0.25, -0.2) is 0 Å². The molecule has 2 unspecified atom stereocenters. The van der Waals surface area contributed by atoms with E-state index in [1.54, 1.807) is 0 Å². The van der Waals surface area contributed by atoms with Crippen LogP contribution in [-0.2, 0) is 27.3 Å². The Morgan fingerprint density at radius 3 is 1.19 bits per heavy atom. The van der Waals surface area contributed by atoms with Crippen LogP contribution in [0.1, 0.15) is 26.7 Å². The van der Waals surface area contributed by atoms with Gasteiger partial charge in [-0.3, -0.25) is 9.59 Å². The molecule has 2 atom stereocenters. The fourth-order valence-electron chi connectivity index (χ4n) is 3.94. The lowest BCUT2D eigenvalue weighted by atomic mass is 10.1. The average molecular weight is 581 g/mol. The van der Waals surface area contributed by atoms with E-state index in [0.29, 0.717) is 13.2 Å². The van der Waals surface area contributed by atoms with E-state index in [1.807, 2.05) is 13.8 Å². The summed E-state index contributed by atoms with van der Waals surface area (Å²) < 4.78 is 25.9. The van der Waals surface area contributed by atoms with Crippen molar-refractivity contribution in [2.24, 2.45) is 11.8 Å². The highest BCUT2D eigenvalue weighted by Gasteiger charge is 2.40. The van der Waals surface area contributed by atoms with Gasteiger partial charge >= 0.3 is 20.5 Å². The monoisotopic (exact) mass is 580 g/mol. The molecule has 8 nitrogen and oxygen atoms in total. The summed E-state index contributed by atoms with van der Waals surface area (Å²) in [7, 11) is 6.09. The van der Waals surface area contributed by atoms with Crippen LogP contribution in [0.3, 0.4) is 0 Å². The molecule has 0 aliphatic carbocycles. The van der Waals surface area contributed by atoms with Crippen LogP contribution >= 0.6 is 0 Å². The first-order valence-corrected chi connectivity index (χ1v) is 22.8. The van der Waals surface area contributed by atoms with Gasteiger partial charge in [-0.2, -0.15) is 0 Å². The van der Waals surface area contributed by atoms with Gasteiger partial charge in [0.05, 0.1) is 54.1 Å². The molecule has 0 fully saturated rings. The molecule has 0 saturated heterocycles. The van der Waals surface area contributed by atoms with Gasteiger partial charge in [0, 0.05) is 0 Å². The van der Waals surface area contributed by atoms with Gasteiger partial charge in [0.2, 0.25) is 0 Å². The average Bonchev–Trinajstić information content (AvgIpc) is 2.66. The number of esters is 2. The number of carbonyl (C=O) groups is 2. The van der Waals surface area contributed by atoms with Crippen molar-refractivity contribution in [3.8, 4) is 0 Å². The topological polar surface area (TPSA) is 71.1 Å². The van der Waals surface area contributed by atoms with Crippen molar-refractivity contribution >= 4 is 37.1 Å². The van der Waals surface area contributed by atoms with Crippen molar-refractivity contribution in [3.63, 3.8) is 0 Å². The van der Waals surface area contributed by atoms with Gasteiger partial charge in [-0.15, -0.1) is 0 Å². The third kappa shape index (κ3) is 19.2. The van der Waals surface area contributed by atoms with Crippen LogP contribution in [0.4, 0.5) is 0 Å². The second-order valence-electron chi connectivity index (χ2n) is 14.4. The number of hydrogen-bond donors (Lipinski definition) is 0. The van der Waals surface area contributed by atoms with Crippen LogP contribution < -0.4 is 0 Å². The van der Waals surface area contributed by atoms with E-state index in [0.717, 1.165) is 47.0 Å². The fourth-order valence-corrected chi connectivity index (χ4v) is 18.2. The second-order valence-corrected chi connectivity index (χ2v) is 26.8. The molecule has 0 aliphatic heterocycles. The summed E-state index contributed by atoms with van der Waals surface area (Å²) in [5, 5.41) is 0. The smallest absolute Gasteiger partial charge is 0.311 e. The molecule has 0 radical (unpaired) electrons. The molecule has 0 saturated carbocycles. The van der Waals surface area contributed by atoms with Gasteiger partial charge in [-0.05, 0) is 64.2 Å². The number of hydrogen-bond acceptors (Lipinski definition) is 6. The molecule has 0 aromatic carbocycles. The Kier molecular flexibility index (Phi) is 14.5. The summed E-state index contributed by atoms with van der Waals surface area (Å²) in [4.78, 5) is 24.8. The Balaban J connectivity index is 4.66. The van der Waals surface area contributed by atoms with Crippen molar-refractivity contribution in [2.75, 3.05) is 68.6 Å². The van der Waals surface area contributed by atoms with E-state index in [-0.39, 0.29) is 23.8 Å². The van der Waals surface area contributed by atoms with E-state index >= 15 is 0 Å². The molecule has 11 heteroatoms. The zero-order valence-corrected chi connectivity index (χ0v) is 29.7. The molecule has 0 N–H and O–H groups in total. The lowest BCUT2D eigenvalue weighted by Gasteiger charge is -2.39. The third-order valence-corrected chi connectivity index (χ3v) is 17.6. The molecule has 0 amide bonds. The Morgan fingerprint density at radius 2 is 0.919 bits per heavy atom. The van der Waals surface area contributed by atoms with E-state index in [1.165, 1.54) is 0 Å². The zero-order chi connectivity index (χ0) is 29.3. The first-order chi connectivity index (χ1) is 16.4. The van der Waals surface area contributed by atoms with Gasteiger partial charge in [0.1, 0.15) is 26.3 Å². The Hall–Kier alpha value is -0.569. The maximum Gasteiger partial charge on any atom is 0.311 e. The molecule has 0 aromatic rings. The Bertz CT molecular complexity index is 660. The van der Waals surface area contributed by atoms with Crippen LogP contribution in [-0.4, -0.2) is 115 Å². The van der Waals surface area contributed by atoms with Gasteiger partial charge in [-0.1, -0.05) is 13.8 Å². The van der Waals surface area contributed by atoms with Crippen LogP contribution in [0.2, 0.25) is 51.4 Å². The summed E-state index contributed by atoms with van der Waals surface area (Å²) >= 11 is 0. The van der Waals surface area contributed by atoms with Gasteiger partial charge in [0.15, 0.2) is 16.6 Å². The normalized spacial score (nSPS) is 15.3. The molecule has 0 spiro atoms. The molecule has 0 aliphatic rings. The highest BCUT2D eigenvalue weighted by atomic mass is 28.5. The zero-order valence-electron chi connectivity index (χ0n) is 26.7. The summed E-state index contributed by atoms with van der Waals surface area (Å²) in [5.41, 5.74) is 0. The van der Waals surface area contributed by atoms with Crippen LogP contribution in [0.25, 0.3) is 0 Å². The van der Waals surface area contributed by atoms with Crippen molar-refractivity contribution in [1.82, 2.24) is 0 Å². The molecule has 0 heterocycles. The lowest BCUT2D eigenvalue weighted by Crippen LogP contribution is -2.52. The lowest BCUT2D eigenvalue weighted by molar-refractivity contribution is -0.870. The SMILES string of the molecule is CC(CC[Si](C)(C)O[Si](C)(C)O[Si](C)(C)CCC(C)C(=O)OCC[N+](C)(C)C)C(=O)OCC[N+](C)(C)C. The van der Waals surface area contributed by atoms with Gasteiger partial charge in [0.25, 0.3) is 0 Å². The molecule has 37 heavy (non-hydrogen) atoms. The van der Waals surface area contributed by atoms with Crippen LogP contribution in [0, 0.1) is 11.8 Å². The van der Waals surface area contributed by atoms with Crippen LogP contribution in [0.5, 0.6) is 0 Å². The second kappa shape index (κ2) is 14.7. The van der Waals surface area contributed by atoms with Gasteiger partial charge < -0.3 is 26.7 Å². The molecule has 220 valence electrons. The first kappa shape index (κ1) is 36.4. The third-order valence-electron chi connectivity index (χ3n) is 6.22. The predicted octanol–water partition coefficient (Wildman–Crippen LogP) is 4.68. The number of nitrogens with zero attached hydrogens (tertiary/aromatic N) is 2. The van der Waals surface area contributed by atoms with Crippen molar-refractivity contribution < 1.29 is 36.3 Å². The molecular formula is C26H60N2O6Si3+2. The number of rotatable bonds is 18. The first-order valence-electron chi connectivity index (χ1n) is 13.8. The van der Waals surface area contributed by atoms with E-state index in [2.05, 4.69) is 81.6 Å². The van der Waals surface area contributed by atoms with E-state index in [4.69, 9.17) is 17.7 Å². The minimum absolute atomic E-state index is 0.121. The predicted molar refractivity (Wildman–Crippen MR) is 160 cm³/mol. The maximum absolute atomic E-state index is 12.4.